The number of fused-ring (bicyclic) bond motifs is 1. The van der Waals surface area contributed by atoms with E-state index in [9.17, 15) is 8.42 Å². The molecule has 1 unspecified atom stereocenters. The standard InChI is InChI=1S/C14H20ClN3O3S/c1-8-7-21-6-5-18(8)12-10-9(2)22(19,20)14(3,4)11(10)16-13(15)17-12/h8-9H,5-7H2,1-4H3/t8-,9?/m0/s1. The van der Waals surface area contributed by atoms with Crippen molar-refractivity contribution in [3.63, 3.8) is 0 Å². The second-order valence-corrected chi connectivity index (χ2v) is 9.55. The van der Waals surface area contributed by atoms with Crippen molar-refractivity contribution in [2.45, 2.75) is 43.7 Å². The number of hydrogen-bond donors (Lipinski definition) is 0. The van der Waals surface area contributed by atoms with Gasteiger partial charge in [0, 0.05) is 12.1 Å². The largest absolute Gasteiger partial charge is 0.377 e. The highest BCUT2D eigenvalue weighted by Gasteiger charge is 2.53. The molecule has 1 aromatic heterocycles. The van der Waals surface area contributed by atoms with Crippen LogP contribution in [0.1, 0.15) is 44.2 Å². The maximum atomic E-state index is 12.7. The summed E-state index contributed by atoms with van der Waals surface area (Å²) in [6, 6.07) is 0.113. The molecule has 0 bridgehead atoms. The zero-order valence-electron chi connectivity index (χ0n) is 13.1. The average molecular weight is 346 g/mol. The first-order chi connectivity index (χ1) is 10.2. The van der Waals surface area contributed by atoms with Crippen molar-refractivity contribution in [2.75, 3.05) is 24.7 Å². The van der Waals surface area contributed by atoms with Crippen LogP contribution < -0.4 is 4.90 Å². The van der Waals surface area contributed by atoms with Gasteiger partial charge in [-0.05, 0) is 39.3 Å². The molecule has 0 aliphatic carbocycles. The Bertz CT molecular complexity index is 720. The van der Waals surface area contributed by atoms with Gasteiger partial charge >= 0.3 is 0 Å². The molecule has 0 radical (unpaired) electrons. The van der Waals surface area contributed by atoms with Crippen LogP contribution in [-0.2, 0) is 19.3 Å². The highest BCUT2D eigenvalue weighted by atomic mass is 35.5. The van der Waals surface area contributed by atoms with Gasteiger partial charge in [-0.3, -0.25) is 0 Å². The Morgan fingerprint density at radius 2 is 2.00 bits per heavy atom. The Hall–Kier alpha value is -0.920. The van der Waals surface area contributed by atoms with E-state index >= 15 is 0 Å². The monoisotopic (exact) mass is 345 g/mol. The van der Waals surface area contributed by atoms with Gasteiger partial charge in [0.25, 0.3) is 0 Å². The molecule has 0 N–H and O–H groups in total. The number of morpholine rings is 1. The fourth-order valence-electron chi connectivity index (χ4n) is 3.26. The lowest BCUT2D eigenvalue weighted by molar-refractivity contribution is 0.0984. The normalized spacial score (nSPS) is 29.4. The molecular formula is C14H20ClN3O3S. The highest BCUT2D eigenvalue weighted by molar-refractivity contribution is 7.92. The zero-order valence-corrected chi connectivity index (χ0v) is 14.7. The molecule has 2 aliphatic heterocycles. The molecule has 1 saturated heterocycles. The maximum absolute atomic E-state index is 12.7. The van der Waals surface area contributed by atoms with Crippen LogP contribution >= 0.6 is 11.6 Å². The molecule has 22 heavy (non-hydrogen) atoms. The van der Waals surface area contributed by atoms with Crippen molar-refractivity contribution in [1.29, 1.82) is 0 Å². The summed E-state index contributed by atoms with van der Waals surface area (Å²) in [5, 5.41) is -0.551. The molecule has 3 heterocycles. The van der Waals surface area contributed by atoms with E-state index in [2.05, 4.69) is 14.9 Å². The second-order valence-electron chi connectivity index (χ2n) is 6.39. The quantitative estimate of drug-likeness (QED) is 0.726. The third kappa shape index (κ3) is 2.06. The average Bonchev–Trinajstić information content (AvgIpc) is 2.57. The van der Waals surface area contributed by atoms with Crippen LogP contribution in [0.3, 0.4) is 0 Å². The van der Waals surface area contributed by atoms with Gasteiger partial charge in [-0.2, -0.15) is 0 Å². The molecule has 0 amide bonds. The summed E-state index contributed by atoms with van der Waals surface area (Å²) in [6.07, 6.45) is 0. The van der Waals surface area contributed by atoms with E-state index in [1.165, 1.54) is 0 Å². The third-order valence-electron chi connectivity index (χ3n) is 4.69. The molecule has 0 aromatic carbocycles. The lowest BCUT2D eigenvalue weighted by Crippen LogP contribution is -2.44. The van der Waals surface area contributed by atoms with Gasteiger partial charge in [0.2, 0.25) is 5.28 Å². The number of hydrogen-bond acceptors (Lipinski definition) is 6. The fourth-order valence-corrected chi connectivity index (χ4v) is 5.26. The molecule has 1 fully saturated rings. The minimum absolute atomic E-state index is 0.0878. The number of nitrogens with zero attached hydrogens (tertiary/aromatic N) is 3. The predicted octanol–water partition coefficient (Wildman–Crippen LogP) is 2.08. The van der Waals surface area contributed by atoms with Gasteiger partial charge in [0.15, 0.2) is 9.84 Å². The number of ether oxygens (including phenoxy) is 1. The van der Waals surface area contributed by atoms with Crippen molar-refractivity contribution >= 4 is 27.3 Å². The molecule has 6 nitrogen and oxygen atoms in total. The lowest BCUT2D eigenvalue weighted by atomic mass is 10.0. The smallest absolute Gasteiger partial charge is 0.224 e. The summed E-state index contributed by atoms with van der Waals surface area (Å²) in [7, 11) is -3.38. The first-order valence-electron chi connectivity index (χ1n) is 7.33. The van der Waals surface area contributed by atoms with Gasteiger partial charge in [-0.1, -0.05) is 0 Å². The van der Waals surface area contributed by atoms with Gasteiger partial charge in [-0.25, -0.2) is 18.4 Å². The first kappa shape index (κ1) is 16.0. The second kappa shape index (κ2) is 5.04. The Morgan fingerprint density at radius 3 is 2.64 bits per heavy atom. The van der Waals surface area contributed by atoms with E-state index in [0.29, 0.717) is 36.8 Å². The Kier molecular flexibility index (Phi) is 3.66. The van der Waals surface area contributed by atoms with Crippen LogP contribution in [-0.4, -0.2) is 44.2 Å². The SMILES string of the molecule is CC1c2c(N3CCOC[C@@H]3C)nc(Cl)nc2C(C)(C)S1(=O)=O. The molecular weight excluding hydrogens is 326 g/mol. The number of rotatable bonds is 1. The van der Waals surface area contributed by atoms with Crippen LogP contribution in [0.2, 0.25) is 5.28 Å². The van der Waals surface area contributed by atoms with E-state index in [0.717, 1.165) is 0 Å². The molecule has 0 saturated carbocycles. The lowest BCUT2D eigenvalue weighted by Gasteiger charge is -2.35. The van der Waals surface area contributed by atoms with Crippen LogP contribution in [0, 0.1) is 0 Å². The summed E-state index contributed by atoms with van der Waals surface area (Å²) < 4.78 is 29.9. The summed E-state index contributed by atoms with van der Waals surface area (Å²) >= 11 is 6.09. The van der Waals surface area contributed by atoms with Gasteiger partial charge < -0.3 is 9.64 Å². The molecule has 1 aromatic rings. The molecule has 122 valence electrons. The van der Waals surface area contributed by atoms with Crippen molar-refractivity contribution in [3.8, 4) is 0 Å². The number of aromatic nitrogens is 2. The van der Waals surface area contributed by atoms with E-state index in [1.807, 2.05) is 6.92 Å². The molecule has 2 aliphatic rings. The molecule has 3 rings (SSSR count). The van der Waals surface area contributed by atoms with Crippen molar-refractivity contribution in [1.82, 2.24) is 9.97 Å². The summed E-state index contributed by atoms with van der Waals surface area (Å²) in [6.45, 7) is 8.93. The number of sulfone groups is 1. The highest BCUT2D eigenvalue weighted by Crippen LogP contribution is 2.51. The minimum atomic E-state index is -3.38. The van der Waals surface area contributed by atoms with E-state index in [1.54, 1.807) is 20.8 Å². The van der Waals surface area contributed by atoms with Gasteiger partial charge in [0.1, 0.15) is 10.6 Å². The zero-order chi connectivity index (χ0) is 16.3. The van der Waals surface area contributed by atoms with Gasteiger partial charge in [0.05, 0.1) is 30.2 Å². The summed E-state index contributed by atoms with van der Waals surface area (Å²) in [4.78, 5) is 10.7. The molecule has 2 atom stereocenters. The predicted molar refractivity (Wildman–Crippen MR) is 85.0 cm³/mol. The summed E-state index contributed by atoms with van der Waals surface area (Å²) in [5.74, 6) is 0.632. The van der Waals surface area contributed by atoms with Crippen molar-refractivity contribution < 1.29 is 13.2 Å². The van der Waals surface area contributed by atoms with Crippen LogP contribution in [0.4, 0.5) is 5.82 Å². The maximum Gasteiger partial charge on any atom is 0.224 e. The van der Waals surface area contributed by atoms with Gasteiger partial charge in [-0.15, -0.1) is 0 Å². The Morgan fingerprint density at radius 1 is 1.32 bits per heavy atom. The van der Waals surface area contributed by atoms with Crippen molar-refractivity contribution in [3.05, 3.63) is 16.5 Å². The van der Waals surface area contributed by atoms with Crippen LogP contribution in [0.25, 0.3) is 0 Å². The third-order valence-corrected chi connectivity index (χ3v) is 7.64. The molecule has 8 heteroatoms. The Labute approximate surface area is 135 Å². The first-order valence-corrected chi connectivity index (χ1v) is 9.26. The van der Waals surface area contributed by atoms with Crippen LogP contribution in [0.15, 0.2) is 0 Å². The van der Waals surface area contributed by atoms with Crippen LogP contribution in [0.5, 0.6) is 0 Å². The van der Waals surface area contributed by atoms with E-state index in [-0.39, 0.29) is 11.3 Å². The van der Waals surface area contributed by atoms with Crippen molar-refractivity contribution in [2.24, 2.45) is 0 Å². The van der Waals surface area contributed by atoms with E-state index in [4.69, 9.17) is 16.3 Å². The van der Waals surface area contributed by atoms with E-state index < -0.39 is 19.8 Å². The fraction of sp³-hybridized carbons (Fsp3) is 0.714. The number of anilines is 1. The number of halogens is 1. The minimum Gasteiger partial charge on any atom is -0.377 e. The summed E-state index contributed by atoms with van der Waals surface area (Å²) in [5.41, 5.74) is 1.21. The Balaban J connectivity index is 2.24. The topological polar surface area (TPSA) is 72.4 Å². The molecule has 0 spiro atoms.